The van der Waals surface area contributed by atoms with E-state index in [4.69, 9.17) is 0 Å². The lowest BCUT2D eigenvalue weighted by molar-refractivity contribution is 0.250. The van der Waals surface area contributed by atoms with Crippen LogP contribution in [0.15, 0.2) is 41.3 Å². The van der Waals surface area contributed by atoms with Crippen molar-refractivity contribution in [3.8, 4) is 0 Å². The van der Waals surface area contributed by atoms with Gasteiger partial charge >= 0.3 is 0 Å². The van der Waals surface area contributed by atoms with E-state index >= 15 is 0 Å². The van der Waals surface area contributed by atoms with Crippen molar-refractivity contribution in [2.24, 2.45) is 0 Å². The topological polar surface area (TPSA) is 20.2 Å². The van der Waals surface area contributed by atoms with Gasteiger partial charge < -0.3 is 5.11 Å². The third-order valence-electron chi connectivity index (χ3n) is 2.88. The first-order valence-corrected chi connectivity index (χ1v) is 6.08. The molecule has 15 heavy (non-hydrogen) atoms. The highest BCUT2D eigenvalue weighted by Crippen LogP contribution is 2.38. The van der Waals surface area contributed by atoms with Crippen LogP contribution in [0.5, 0.6) is 0 Å². The summed E-state index contributed by atoms with van der Waals surface area (Å²) in [5.41, 5.74) is 1.15. The van der Waals surface area contributed by atoms with Gasteiger partial charge in [0.05, 0.1) is 0 Å². The lowest BCUT2D eigenvalue weighted by Crippen LogP contribution is -2.09. The van der Waals surface area contributed by atoms with Gasteiger partial charge in [0.15, 0.2) is 0 Å². The van der Waals surface area contributed by atoms with Gasteiger partial charge in [0.2, 0.25) is 0 Å². The molecule has 1 N–H and O–H groups in total. The van der Waals surface area contributed by atoms with Crippen LogP contribution >= 0.6 is 11.8 Å². The van der Waals surface area contributed by atoms with Crippen LogP contribution in [0.25, 0.3) is 10.8 Å². The predicted molar refractivity (Wildman–Crippen MR) is 64.1 cm³/mol. The average molecular weight is 216 g/mol. The zero-order valence-corrected chi connectivity index (χ0v) is 9.13. The highest BCUT2D eigenvalue weighted by molar-refractivity contribution is 8.00. The highest BCUT2D eigenvalue weighted by Gasteiger charge is 2.18. The van der Waals surface area contributed by atoms with Crippen molar-refractivity contribution in [2.45, 2.75) is 23.2 Å². The maximum Gasteiger partial charge on any atom is 0.104 e. The van der Waals surface area contributed by atoms with Gasteiger partial charge in [-0.2, -0.15) is 0 Å². The summed E-state index contributed by atoms with van der Waals surface area (Å²) in [5, 5.41) is 12.2. The van der Waals surface area contributed by atoms with Crippen LogP contribution < -0.4 is 0 Å². The largest absolute Gasteiger partial charge is 0.382 e. The van der Waals surface area contributed by atoms with Crippen LogP contribution in [0.1, 0.15) is 12.0 Å². The van der Waals surface area contributed by atoms with Gasteiger partial charge in [-0.1, -0.05) is 48.2 Å². The number of hydrogen-bond donors (Lipinski definition) is 1. The molecule has 2 aromatic rings. The first-order valence-electron chi connectivity index (χ1n) is 5.20. The molecule has 0 spiro atoms. The van der Waals surface area contributed by atoms with Gasteiger partial charge in [0.1, 0.15) is 5.44 Å². The molecule has 0 aliphatic carbocycles. The van der Waals surface area contributed by atoms with Crippen molar-refractivity contribution in [3.63, 3.8) is 0 Å². The SMILES string of the molecule is OC1CCc2ccc3ccccc3c2S1. The maximum atomic E-state index is 9.68. The Morgan fingerprint density at radius 1 is 1.13 bits per heavy atom. The van der Waals surface area contributed by atoms with E-state index in [0.717, 1.165) is 12.8 Å². The molecular formula is C13H12OS. The first-order chi connectivity index (χ1) is 7.34. The second kappa shape index (κ2) is 3.54. The molecule has 0 radical (unpaired) electrons. The van der Waals surface area contributed by atoms with E-state index in [9.17, 15) is 5.11 Å². The van der Waals surface area contributed by atoms with Gasteiger partial charge in [0.25, 0.3) is 0 Å². The van der Waals surface area contributed by atoms with Gasteiger partial charge in [-0.05, 0) is 29.2 Å². The van der Waals surface area contributed by atoms with Crippen molar-refractivity contribution in [3.05, 3.63) is 42.0 Å². The van der Waals surface area contributed by atoms with Crippen LogP contribution in [-0.4, -0.2) is 10.5 Å². The third-order valence-corrected chi connectivity index (χ3v) is 4.10. The standard InChI is InChI=1S/C13H12OS/c14-12-8-7-10-6-5-9-3-1-2-4-11(9)13(10)15-12/h1-6,12,14H,7-8H2. The van der Waals surface area contributed by atoms with Crippen LogP contribution in [0.4, 0.5) is 0 Å². The summed E-state index contributed by atoms with van der Waals surface area (Å²) in [7, 11) is 0. The summed E-state index contributed by atoms with van der Waals surface area (Å²) in [6.07, 6.45) is 1.87. The number of benzene rings is 2. The van der Waals surface area contributed by atoms with E-state index in [1.165, 1.54) is 21.2 Å². The molecule has 0 fully saturated rings. The molecule has 2 heteroatoms. The molecule has 0 saturated carbocycles. The minimum absolute atomic E-state index is 0.233. The van der Waals surface area contributed by atoms with E-state index in [1.54, 1.807) is 11.8 Å². The van der Waals surface area contributed by atoms with Gasteiger partial charge in [-0.3, -0.25) is 0 Å². The number of rotatable bonds is 0. The number of aryl methyl sites for hydroxylation is 1. The predicted octanol–water partition coefficient (Wildman–Crippen LogP) is 3.20. The summed E-state index contributed by atoms with van der Waals surface area (Å²) < 4.78 is 0. The smallest absolute Gasteiger partial charge is 0.104 e. The lowest BCUT2D eigenvalue weighted by atomic mass is 10.0. The molecule has 2 aromatic carbocycles. The van der Waals surface area contributed by atoms with Gasteiger partial charge in [0, 0.05) is 4.90 Å². The maximum absolute atomic E-state index is 9.68. The molecule has 1 unspecified atom stereocenters. The van der Waals surface area contributed by atoms with Crippen molar-refractivity contribution < 1.29 is 5.11 Å². The minimum atomic E-state index is -0.233. The Bertz CT molecular complexity index is 507. The van der Waals surface area contributed by atoms with E-state index in [0.29, 0.717) is 0 Å². The van der Waals surface area contributed by atoms with E-state index < -0.39 is 0 Å². The lowest BCUT2D eigenvalue weighted by Gasteiger charge is -2.21. The third kappa shape index (κ3) is 1.54. The Morgan fingerprint density at radius 2 is 2.00 bits per heavy atom. The number of hydrogen-bond acceptors (Lipinski definition) is 2. The van der Waals surface area contributed by atoms with Crippen LogP contribution in [0.2, 0.25) is 0 Å². The Balaban J connectivity index is 2.28. The van der Waals surface area contributed by atoms with E-state index in [1.807, 2.05) is 0 Å². The molecule has 1 heterocycles. The summed E-state index contributed by atoms with van der Waals surface area (Å²) in [6, 6.07) is 12.7. The summed E-state index contributed by atoms with van der Waals surface area (Å²) in [4.78, 5) is 1.27. The van der Waals surface area contributed by atoms with Crippen molar-refractivity contribution >= 4 is 22.5 Å². The zero-order chi connectivity index (χ0) is 10.3. The van der Waals surface area contributed by atoms with Crippen molar-refractivity contribution in [2.75, 3.05) is 0 Å². The molecule has 0 bridgehead atoms. The first kappa shape index (κ1) is 9.25. The molecule has 3 rings (SSSR count). The number of aliphatic hydroxyl groups is 1. The fourth-order valence-corrected chi connectivity index (χ4v) is 3.24. The molecule has 1 aliphatic rings. The summed E-state index contributed by atoms with van der Waals surface area (Å²) >= 11 is 1.60. The molecule has 1 nitrogen and oxygen atoms in total. The average Bonchev–Trinajstić information content (AvgIpc) is 2.29. The Kier molecular flexibility index (Phi) is 2.19. The molecule has 1 atom stereocenters. The fourth-order valence-electron chi connectivity index (χ4n) is 2.10. The van der Waals surface area contributed by atoms with Crippen LogP contribution in [-0.2, 0) is 6.42 Å². The number of aliphatic hydroxyl groups excluding tert-OH is 1. The number of fused-ring (bicyclic) bond motifs is 3. The van der Waals surface area contributed by atoms with Crippen LogP contribution in [0.3, 0.4) is 0 Å². The second-order valence-electron chi connectivity index (χ2n) is 3.89. The molecule has 0 saturated heterocycles. The molecule has 0 aromatic heterocycles. The van der Waals surface area contributed by atoms with E-state index in [2.05, 4.69) is 36.4 Å². The molecule has 76 valence electrons. The van der Waals surface area contributed by atoms with Crippen molar-refractivity contribution in [1.82, 2.24) is 0 Å². The Hall–Kier alpha value is -0.990. The molecular weight excluding hydrogens is 204 g/mol. The highest BCUT2D eigenvalue weighted by atomic mass is 32.2. The van der Waals surface area contributed by atoms with Gasteiger partial charge in [-0.25, -0.2) is 0 Å². The monoisotopic (exact) mass is 216 g/mol. The molecule has 0 amide bonds. The second-order valence-corrected chi connectivity index (χ2v) is 5.07. The van der Waals surface area contributed by atoms with E-state index in [-0.39, 0.29) is 5.44 Å². The van der Waals surface area contributed by atoms with Crippen molar-refractivity contribution in [1.29, 1.82) is 0 Å². The van der Waals surface area contributed by atoms with Crippen LogP contribution in [0, 0.1) is 0 Å². The number of thioether (sulfide) groups is 1. The Labute approximate surface area is 93.1 Å². The fraction of sp³-hybridized carbons (Fsp3) is 0.231. The quantitative estimate of drug-likeness (QED) is 0.729. The molecule has 1 aliphatic heterocycles. The summed E-state index contributed by atoms with van der Waals surface area (Å²) in [5.74, 6) is 0. The minimum Gasteiger partial charge on any atom is -0.382 e. The normalized spacial score (nSPS) is 20.2. The zero-order valence-electron chi connectivity index (χ0n) is 8.31. The summed E-state index contributed by atoms with van der Waals surface area (Å²) in [6.45, 7) is 0. The van der Waals surface area contributed by atoms with Gasteiger partial charge in [-0.15, -0.1) is 0 Å². The Morgan fingerprint density at radius 3 is 2.93 bits per heavy atom.